The molecule has 0 saturated heterocycles. The Kier molecular flexibility index (Phi) is 4.99. The number of aliphatic hydroxyl groups excluding tert-OH is 2. The summed E-state index contributed by atoms with van der Waals surface area (Å²) in [6.07, 6.45) is 4.72. The normalized spacial score (nSPS) is 47.5. The Morgan fingerprint density at radius 3 is 2.69 bits per heavy atom. The van der Waals surface area contributed by atoms with Crippen LogP contribution in [0.5, 0.6) is 0 Å². The molecule has 29 heavy (non-hydrogen) atoms. The minimum absolute atomic E-state index is 0.0710. The Hall–Kier alpha value is -1.24. The van der Waals surface area contributed by atoms with Gasteiger partial charge >= 0.3 is 5.97 Å². The minimum atomic E-state index is -1.39. The summed E-state index contributed by atoms with van der Waals surface area (Å²) in [7, 11) is 0. The topological polar surface area (TPSA) is 104 Å². The van der Waals surface area contributed by atoms with Gasteiger partial charge in [-0.25, -0.2) is 0 Å². The van der Waals surface area contributed by atoms with E-state index in [2.05, 4.69) is 6.92 Å². The van der Waals surface area contributed by atoms with E-state index >= 15 is 0 Å². The molecule has 0 unspecified atom stereocenters. The van der Waals surface area contributed by atoms with Crippen molar-refractivity contribution in [2.24, 2.45) is 28.6 Å². The van der Waals surface area contributed by atoms with Gasteiger partial charge in [-0.2, -0.15) is 0 Å². The highest BCUT2D eigenvalue weighted by molar-refractivity contribution is 5.91. The molecule has 0 aromatic rings. The lowest BCUT2D eigenvalue weighted by Gasteiger charge is -2.61. The van der Waals surface area contributed by atoms with E-state index in [0.717, 1.165) is 25.7 Å². The molecule has 0 aromatic heterocycles. The van der Waals surface area contributed by atoms with Crippen molar-refractivity contribution in [1.82, 2.24) is 0 Å². The van der Waals surface area contributed by atoms with Gasteiger partial charge in [-0.1, -0.05) is 19.4 Å². The summed E-state index contributed by atoms with van der Waals surface area (Å²) in [5, 5.41) is 33.6. The molecule has 3 saturated carbocycles. The fourth-order valence-electron chi connectivity index (χ4n) is 7.61. The van der Waals surface area contributed by atoms with Crippen LogP contribution in [-0.2, 0) is 14.3 Å². The van der Waals surface area contributed by atoms with Crippen LogP contribution in [0.3, 0.4) is 0 Å². The molecule has 6 nitrogen and oxygen atoms in total. The van der Waals surface area contributed by atoms with Crippen molar-refractivity contribution in [3.05, 3.63) is 11.6 Å². The van der Waals surface area contributed by atoms with Gasteiger partial charge < -0.3 is 20.1 Å². The van der Waals surface area contributed by atoms with Crippen molar-refractivity contribution in [3.63, 3.8) is 0 Å². The smallest absolute Gasteiger partial charge is 0.302 e. The molecule has 0 radical (unpaired) electrons. The van der Waals surface area contributed by atoms with Gasteiger partial charge in [0.05, 0.1) is 11.7 Å². The van der Waals surface area contributed by atoms with Crippen LogP contribution in [0, 0.1) is 28.6 Å². The molecule has 8 atom stereocenters. The first-order valence-corrected chi connectivity index (χ1v) is 11.0. The Morgan fingerprint density at radius 1 is 1.28 bits per heavy atom. The zero-order valence-corrected chi connectivity index (χ0v) is 17.7. The average Bonchev–Trinajstić information content (AvgIpc) is 2.91. The maximum Gasteiger partial charge on any atom is 0.302 e. The largest absolute Gasteiger partial charge is 0.463 e. The van der Waals surface area contributed by atoms with Crippen LogP contribution >= 0.6 is 0 Å². The highest BCUT2D eigenvalue weighted by atomic mass is 16.5. The van der Waals surface area contributed by atoms with E-state index in [9.17, 15) is 24.9 Å². The monoisotopic (exact) mass is 406 g/mol. The molecule has 3 fully saturated rings. The van der Waals surface area contributed by atoms with E-state index in [4.69, 9.17) is 4.74 Å². The molecule has 3 N–H and O–H groups in total. The predicted octanol–water partition coefficient (Wildman–Crippen LogP) is 2.14. The summed E-state index contributed by atoms with van der Waals surface area (Å²) < 4.78 is 4.99. The van der Waals surface area contributed by atoms with Crippen LogP contribution in [-0.4, -0.2) is 51.5 Å². The van der Waals surface area contributed by atoms with Crippen LogP contribution in [0.25, 0.3) is 0 Å². The lowest BCUT2D eigenvalue weighted by atomic mass is 9.45. The van der Waals surface area contributed by atoms with Gasteiger partial charge in [0.15, 0.2) is 5.78 Å². The number of carbonyl (C=O) groups excluding carboxylic acids is 2. The second-order valence-corrected chi connectivity index (χ2v) is 10.4. The third-order valence-electron chi connectivity index (χ3n) is 9.11. The van der Waals surface area contributed by atoms with Crippen molar-refractivity contribution in [2.75, 3.05) is 6.61 Å². The maximum atomic E-state index is 12.0. The van der Waals surface area contributed by atoms with Gasteiger partial charge in [0, 0.05) is 18.8 Å². The van der Waals surface area contributed by atoms with Gasteiger partial charge in [0.2, 0.25) is 0 Å². The van der Waals surface area contributed by atoms with Crippen molar-refractivity contribution in [2.45, 2.75) is 83.5 Å². The summed E-state index contributed by atoms with van der Waals surface area (Å²) in [5.74, 6) is 0.205. The number of allylic oxidation sites excluding steroid dienone is 1. The van der Waals surface area contributed by atoms with Gasteiger partial charge in [-0.15, -0.1) is 0 Å². The van der Waals surface area contributed by atoms with Gasteiger partial charge in [-0.05, 0) is 67.8 Å². The molecule has 0 aromatic carbocycles. The van der Waals surface area contributed by atoms with Crippen molar-refractivity contribution >= 4 is 11.8 Å². The first-order valence-electron chi connectivity index (χ1n) is 11.0. The van der Waals surface area contributed by atoms with Crippen molar-refractivity contribution in [1.29, 1.82) is 0 Å². The van der Waals surface area contributed by atoms with E-state index in [1.165, 1.54) is 12.5 Å². The van der Waals surface area contributed by atoms with Crippen LogP contribution in [0.1, 0.15) is 65.7 Å². The highest BCUT2D eigenvalue weighted by Crippen LogP contribution is 2.68. The molecule has 0 aliphatic heterocycles. The maximum absolute atomic E-state index is 12.0. The number of hydrogen-bond donors (Lipinski definition) is 3. The lowest BCUT2D eigenvalue weighted by Crippen LogP contribution is -2.63. The van der Waals surface area contributed by atoms with E-state index in [-0.39, 0.29) is 35.6 Å². The molecule has 4 rings (SSSR count). The Morgan fingerprint density at radius 2 is 2.00 bits per heavy atom. The number of carbonyl (C=O) groups is 2. The van der Waals surface area contributed by atoms with Gasteiger partial charge in [-0.3, -0.25) is 9.59 Å². The zero-order chi connectivity index (χ0) is 21.2. The third kappa shape index (κ3) is 2.94. The van der Waals surface area contributed by atoms with Crippen molar-refractivity contribution in [3.8, 4) is 0 Å². The van der Waals surface area contributed by atoms with Gasteiger partial charge in [0.1, 0.15) is 12.7 Å². The summed E-state index contributed by atoms with van der Waals surface area (Å²) in [6, 6.07) is 0. The number of ketones is 1. The van der Waals surface area contributed by atoms with E-state index in [1.807, 2.05) is 13.0 Å². The summed E-state index contributed by atoms with van der Waals surface area (Å²) >= 11 is 0. The Bertz CT molecular complexity index is 746. The van der Waals surface area contributed by atoms with E-state index in [0.29, 0.717) is 19.3 Å². The SMILES string of the molecule is CC(=O)OC[C@H](O)[C@]1(O)CC[C@H]2[C@@H]3CCC4=CC(=O)CC[C@]4(C)[C@H]3[C@@H](O)C[C@@]21C. The van der Waals surface area contributed by atoms with Crippen LogP contribution in [0.4, 0.5) is 0 Å². The molecule has 0 bridgehead atoms. The number of aliphatic hydroxyl groups is 3. The Balaban J connectivity index is 1.65. The Labute approximate surface area is 172 Å². The van der Waals surface area contributed by atoms with E-state index in [1.54, 1.807) is 0 Å². The van der Waals surface area contributed by atoms with Crippen LogP contribution in [0.2, 0.25) is 0 Å². The molecule has 0 heterocycles. The molecular formula is C23H34O6. The summed E-state index contributed by atoms with van der Waals surface area (Å²) in [6.45, 7) is 5.24. The molecule has 6 heteroatoms. The minimum Gasteiger partial charge on any atom is -0.463 e. The number of fused-ring (bicyclic) bond motifs is 5. The average molecular weight is 407 g/mol. The molecule has 0 amide bonds. The highest BCUT2D eigenvalue weighted by Gasteiger charge is 2.68. The fraction of sp³-hybridized carbons (Fsp3) is 0.826. The van der Waals surface area contributed by atoms with Gasteiger partial charge in [0.25, 0.3) is 0 Å². The molecule has 0 spiro atoms. The number of hydrogen-bond acceptors (Lipinski definition) is 6. The zero-order valence-electron chi connectivity index (χ0n) is 17.7. The lowest BCUT2D eigenvalue weighted by molar-refractivity contribution is -0.210. The van der Waals surface area contributed by atoms with E-state index < -0.39 is 29.2 Å². The second-order valence-electron chi connectivity index (χ2n) is 10.4. The van der Waals surface area contributed by atoms with Crippen LogP contribution in [0.15, 0.2) is 11.6 Å². The molecule has 162 valence electrons. The molecule has 4 aliphatic carbocycles. The molecular weight excluding hydrogens is 372 g/mol. The third-order valence-corrected chi connectivity index (χ3v) is 9.11. The first-order chi connectivity index (χ1) is 13.5. The van der Waals surface area contributed by atoms with Crippen molar-refractivity contribution < 1.29 is 29.6 Å². The van der Waals surface area contributed by atoms with Crippen LogP contribution < -0.4 is 0 Å². The number of rotatable bonds is 3. The summed E-state index contributed by atoms with van der Waals surface area (Å²) in [5.41, 5.74) is -1.02. The predicted molar refractivity (Wildman–Crippen MR) is 106 cm³/mol. The fourth-order valence-corrected chi connectivity index (χ4v) is 7.61. The number of esters is 1. The summed E-state index contributed by atoms with van der Waals surface area (Å²) in [4.78, 5) is 23.1. The second kappa shape index (κ2) is 6.89. The molecule has 4 aliphatic rings. The quantitative estimate of drug-likeness (QED) is 0.621. The number of ether oxygens (including phenoxy) is 1. The standard InChI is InChI=1S/C23H34O6/c1-13(24)29-12-19(27)23(28)9-7-17-16-5-4-14-10-15(25)6-8-21(14,2)20(16)18(26)11-22(17,23)3/h10,16-20,26-28H,4-9,11-12H2,1-3H3/t16-,17-,18-,19-,20+,21-,22-,23+/m0/s1. The first kappa shape index (κ1) is 21.0.